The van der Waals surface area contributed by atoms with Gasteiger partial charge in [0.15, 0.2) is 5.82 Å². The summed E-state index contributed by atoms with van der Waals surface area (Å²) in [6, 6.07) is 14.0. The topological polar surface area (TPSA) is 46.9 Å². The van der Waals surface area contributed by atoms with Crippen LogP contribution in [0.1, 0.15) is 18.4 Å². The second kappa shape index (κ2) is 5.81. The average molecular weight is 339 g/mol. The van der Waals surface area contributed by atoms with E-state index in [1.165, 1.54) is 22.9 Å². The van der Waals surface area contributed by atoms with E-state index in [1.807, 2.05) is 0 Å². The average Bonchev–Trinajstić information content (AvgIpc) is 3.28. The number of rotatable bonds is 4. The Morgan fingerprint density at radius 3 is 2.60 bits per heavy atom. The molecule has 1 aliphatic rings. The Hall–Kier alpha value is -3.02. The molecule has 0 aliphatic heterocycles. The number of anilines is 1. The van der Waals surface area contributed by atoms with Crippen LogP contribution in [0.4, 0.5) is 14.6 Å². The van der Waals surface area contributed by atoms with Crippen molar-refractivity contribution in [3.63, 3.8) is 0 Å². The normalized spacial score (nSPS) is 15.0. The standard InChI is InChI=1S/C19H15F2N3O/c20-13-4-3-5-14(12-13)24-11-8-17(23-24)22-18(25)19(9-10-19)15-6-1-2-7-16(15)21/h1-8,11-12H,9-10H2,(H,22,23,25). The van der Waals surface area contributed by atoms with Gasteiger partial charge in [-0.3, -0.25) is 4.79 Å². The molecule has 0 saturated heterocycles. The smallest absolute Gasteiger partial charge is 0.236 e. The summed E-state index contributed by atoms with van der Waals surface area (Å²) < 4.78 is 28.8. The van der Waals surface area contributed by atoms with E-state index < -0.39 is 5.41 Å². The molecule has 3 aromatic rings. The predicted octanol–water partition coefficient (Wildman–Crippen LogP) is 3.82. The van der Waals surface area contributed by atoms with Crippen LogP contribution in [0.2, 0.25) is 0 Å². The van der Waals surface area contributed by atoms with Crippen LogP contribution < -0.4 is 5.32 Å². The van der Waals surface area contributed by atoms with E-state index in [2.05, 4.69) is 10.4 Å². The summed E-state index contributed by atoms with van der Waals surface area (Å²) in [5.74, 6) is -0.672. The monoisotopic (exact) mass is 339 g/mol. The summed E-state index contributed by atoms with van der Waals surface area (Å²) in [7, 11) is 0. The lowest BCUT2D eigenvalue weighted by atomic mass is 9.94. The minimum Gasteiger partial charge on any atom is -0.308 e. The van der Waals surface area contributed by atoms with Crippen LogP contribution in [0, 0.1) is 11.6 Å². The molecular formula is C19H15F2N3O. The highest BCUT2D eigenvalue weighted by molar-refractivity contribution is 6.00. The highest BCUT2D eigenvalue weighted by Crippen LogP contribution is 2.49. The van der Waals surface area contributed by atoms with Crippen molar-refractivity contribution in [2.45, 2.75) is 18.3 Å². The van der Waals surface area contributed by atoms with Gasteiger partial charge in [0.2, 0.25) is 5.91 Å². The van der Waals surface area contributed by atoms with E-state index >= 15 is 0 Å². The van der Waals surface area contributed by atoms with Gasteiger partial charge in [-0.2, -0.15) is 5.10 Å². The number of halogens is 2. The third-order valence-electron chi connectivity index (χ3n) is 4.48. The van der Waals surface area contributed by atoms with E-state index in [0.29, 0.717) is 29.9 Å². The largest absolute Gasteiger partial charge is 0.308 e. The fourth-order valence-corrected chi connectivity index (χ4v) is 2.98. The van der Waals surface area contributed by atoms with Crippen LogP contribution in [-0.2, 0) is 10.2 Å². The van der Waals surface area contributed by atoms with Crippen molar-refractivity contribution in [3.8, 4) is 5.69 Å². The van der Waals surface area contributed by atoms with E-state index in [1.54, 1.807) is 42.6 Å². The Balaban J connectivity index is 1.55. The van der Waals surface area contributed by atoms with Gasteiger partial charge < -0.3 is 5.32 Å². The zero-order valence-electron chi connectivity index (χ0n) is 13.2. The first-order valence-corrected chi connectivity index (χ1v) is 7.97. The molecule has 1 aromatic heterocycles. The Bertz CT molecular complexity index is 947. The Morgan fingerprint density at radius 2 is 1.88 bits per heavy atom. The van der Waals surface area contributed by atoms with Crippen molar-refractivity contribution in [1.29, 1.82) is 0 Å². The molecule has 25 heavy (non-hydrogen) atoms. The molecule has 4 nitrogen and oxygen atoms in total. The van der Waals surface area contributed by atoms with Crippen LogP contribution in [0.15, 0.2) is 60.8 Å². The fourth-order valence-electron chi connectivity index (χ4n) is 2.98. The van der Waals surface area contributed by atoms with Crippen LogP contribution >= 0.6 is 0 Å². The number of amides is 1. The lowest BCUT2D eigenvalue weighted by molar-refractivity contribution is -0.118. The third kappa shape index (κ3) is 2.80. The molecule has 0 spiro atoms. The molecule has 1 saturated carbocycles. The number of carbonyl (C=O) groups excluding carboxylic acids is 1. The molecule has 1 aliphatic carbocycles. The van der Waals surface area contributed by atoms with Gasteiger partial charge in [-0.05, 0) is 37.1 Å². The number of benzene rings is 2. The summed E-state index contributed by atoms with van der Waals surface area (Å²) in [4.78, 5) is 12.7. The van der Waals surface area contributed by atoms with Crippen molar-refractivity contribution in [1.82, 2.24) is 9.78 Å². The Kier molecular flexibility index (Phi) is 3.60. The van der Waals surface area contributed by atoms with Crippen molar-refractivity contribution < 1.29 is 13.6 Å². The molecular weight excluding hydrogens is 324 g/mol. The predicted molar refractivity (Wildman–Crippen MR) is 89.5 cm³/mol. The molecule has 0 unspecified atom stereocenters. The first-order valence-electron chi connectivity index (χ1n) is 7.97. The Labute approximate surface area is 143 Å². The van der Waals surface area contributed by atoms with Gasteiger partial charge in [-0.15, -0.1) is 0 Å². The second-order valence-electron chi connectivity index (χ2n) is 6.14. The number of hydrogen-bond donors (Lipinski definition) is 1. The molecule has 126 valence electrons. The van der Waals surface area contributed by atoms with Gasteiger partial charge in [-0.25, -0.2) is 13.5 Å². The Morgan fingerprint density at radius 1 is 1.08 bits per heavy atom. The van der Waals surface area contributed by atoms with E-state index in [0.717, 1.165) is 0 Å². The summed E-state index contributed by atoms with van der Waals surface area (Å²) in [6.07, 6.45) is 2.84. The summed E-state index contributed by atoms with van der Waals surface area (Å²) in [6.45, 7) is 0. The molecule has 1 N–H and O–H groups in total. The first kappa shape index (κ1) is 15.5. The number of nitrogens with zero attached hydrogens (tertiary/aromatic N) is 2. The molecule has 4 rings (SSSR count). The minimum atomic E-state index is -0.825. The lowest BCUT2D eigenvalue weighted by Crippen LogP contribution is -2.29. The van der Waals surface area contributed by atoms with E-state index in [4.69, 9.17) is 0 Å². The third-order valence-corrected chi connectivity index (χ3v) is 4.48. The molecule has 1 heterocycles. The van der Waals surface area contributed by atoms with Gasteiger partial charge >= 0.3 is 0 Å². The van der Waals surface area contributed by atoms with Gasteiger partial charge in [0.25, 0.3) is 0 Å². The lowest BCUT2D eigenvalue weighted by Gasteiger charge is -2.15. The second-order valence-corrected chi connectivity index (χ2v) is 6.14. The van der Waals surface area contributed by atoms with E-state index in [9.17, 15) is 13.6 Å². The quantitative estimate of drug-likeness (QED) is 0.785. The molecule has 0 radical (unpaired) electrons. The molecule has 2 aromatic carbocycles. The van der Waals surface area contributed by atoms with Crippen LogP contribution in [0.3, 0.4) is 0 Å². The van der Waals surface area contributed by atoms with Crippen molar-refractivity contribution in [2.24, 2.45) is 0 Å². The zero-order chi connectivity index (χ0) is 17.4. The maximum atomic E-state index is 14.1. The summed E-state index contributed by atoms with van der Waals surface area (Å²) >= 11 is 0. The number of aromatic nitrogens is 2. The molecule has 1 fully saturated rings. The maximum absolute atomic E-state index is 14.1. The molecule has 6 heteroatoms. The first-order chi connectivity index (χ1) is 12.1. The minimum absolute atomic E-state index is 0.276. The van der Waals surface area contributed by atoms with Gasteiger partial charge in [0, 0.05) is 17.8 Å². The van der Waals surface area contributed by atoms with Crippen molar-refractivity contribution in [2.75, 3.05) is 5.32 Å². The van der Waals surface area contributed by atoms with Crippen LogP contribution in [0.5, 0.6) is 0 Å². The van der Waals surface area contributed by atoms with Gasteiger partial charge in [0.05, 0.1) is 11.1 Å². The maximum Gasteiger partial charge on any atom is 0.236 e. The SMILES string of the molecule is O=C(Nc1ccn(-c2cccc(F)c2)n1)C1(c2ccccc2F)CC1. The van der Waals surface area contributed by atoms with Gasteiger partial charge in [-0.1, -0.05) is 24.3 Å². The number of nitrogens with one attached hydrogen (secondary N) is 1. The zero-order valence-corrected chi connectivity index (χ0v) is 13.2. The highest BCUT2D eigenvalue weighted by Gasteiger charge is 2.52. The van der Waals surface area contributed by atoms with Crippen LogP contribution in [-0.4, -0.2) is 15.7 Å². The van der Waals surface area contributed by atoms with Crippen LogP contribution in [0.25, 0.3) is 5.69 Å². The van der Waals surface area contributed by atoms with Crippen molar-refractivity contribution >= 4 is 11.7 Å². The van der Waals surface area contributed by atoms with E-state index in [-0.39, 0.29) is 17.5 Å². The molecule has 0 bridgehead atoms. The molecule has 0 atom stereocenters. The summed E-state index contributed by atoms with van der Waals surface area (Å²) in [5, 5.41) is 6.99. The van der Waals surface area contributed by atoms with Gasteiger partial charge in [0.1, 0.15) is 11.6 Å². The highest BCUT2D eigenvalue weighted by atomic mass is 19.1. The van der Waals surface area contributed by atoms with Crippen molar-refractivity contribution in [3.05, 3.63) is 78.0 Å². The number of carbonyl (C=O) groups is 1. The fraction of sp³-hybridized carbons (Fsp3) is 0.158. The molecule has 1 amide bonds. The summed E-state index contributed by atoms with van der Waals surface area (Å²) in [5.41, 5.74) is 0.140. The number of hydrogen-bond acceptors (Lipinski definition) is 2.